The third-order valence-electron chi connectivity index (χ3n) is 3.80. The van der Waals surface area contributed by atoms with Crippen molar-refractivity contribution >= 4 is 38.7 Å². The number of aryl methyl sites for hydroxylation is 3. The fourth-order valence-electron chi connectivity index (χ4n) is 2.37. The molecule has 7 heteroatoms. The number of rotatable bonds is 6. The molecule has 3 N–H and O–H groups in total. The molecule has 0 saturated heterocycles. The van der Waals surface area contributed by atoms with Gasteiger partial charge in [-0.2, -0.15) is 0 Å². The van der Waals surface area contributed by atoms with Crippen LogP contribution in [0.15, 0.2) is 53.9 Å². The zero-order valence-electron chi connectivity index (χ0n) is 15.1. The van der Waals surface area contributed by atoms with Gasteiger partial charge in [-0.15, -0.1) is 6.58 Å². The summed E-state index contributed by atoms with van der Waals surface area (Å²) < 4.78 is 28.2. The van der Waals surface area contributed by atoms with Gasteiger partial charge in [-0.05, 0) is 62.3 Å². The van der Waals surface area contributed by atoms with Gasteiger partial charge < -0.3 is 10.6 Å². The Hall–Kier alpha value is -2.38. The van der Waals surface area contributed by atoms with Gasteiger partial charge in [0.1, 0.15) is 0 Å². The summed E-state index contributed by atoms with van der Waals surface area (Å²) in [6.07, 6.45) is 1.69. The second kappa shape index (κ2) is 8.33. The van der Waals surface area contributed by atoms with Crippen LogP contribution in [0.2, 0.25) is 0 Å². The Bertz CT molecular complexity index is 938. The van der Waals surface area contributed by atoms with Crippen LogP contribution in [-0.2, 0) is 10.0 Å². The van der Waals surface area contributed by atoms with E-state index in [1.165, 1.54) is 0 Å². The maximum Gasteiger partial charge on any atom is 0.261 e. The van der Waals surface area contributed by atoms with Crippen LogP contribution in [0.4, 0.5) is 11.4 Å². The van der Waals surface area contributed by atoms with Crippen molar-refractivity contribution in [1.82, 2.24) is 5.32 Å². The van der Waals surface area contributed by atoms with Gasteiger partial charge >= 0.3 is 0 Å². The Labute approximate surface area is 160 Å². The quantitative estimate of drug-likeness (QED) is 0.517. The Balaban J connectivity index is 2.27. The average molecular weight is 390 g/mol. The minimum absolute atomic E-state index is 0.164. The molecule has 26 heavy (non-hydrogen) atoms. The van der Waals surface area contributed by atoms with E-state index >= 15 is 0 Å². The Morgan fingerprint density at radius 3 is 2.46 bits per heavy atom. The average Bonchev–Trinajstić information content (AvgIpc) is 2.57. The second-order valence-corrected chi connectivity index (χ2v) is 8.11. The second-order valence-electron chi connectivity index (χ2n) is 6.02. The van der Waals surface area contributed by atoms with Gasteiger partial charge in [0.2, 0.25) is 0 Å². The maximum atomic E-state index is 12.8. The summed E-state index contributed by atoms with van der Waals surface area (Å²) in [7, 11) is -3.71. The van der Waals surface area contributed by atoms with Crippen LogP contribution in [0.5, 0.6) is 0 Å². The molecule has 2 rings (SSSR count). The summed E-state index contributed by atoms with van der Waals surface area (Å²) in [6, 6.07) is 10.5. The van der Waals surface area contributed by atoms with Gasteiger partial charge in [0, 0.05) is 12.2 Å². The van der Waals surface area contributed by atoms with Crippen molar-refractivity contribution in [3.05, 3.63) is 65.7 Å². The van der Waals surface area contributed by atoms with Crippen LogP contribution in [0.25, 0.3) is 0 Å². The third kappa shape index (κ3) is 5.06. The zero-order chi connectivity index (χ0) is 19.3. The van der Waals surface area contributed by atoms with Crippen molar-refractivity contribution < 1.29 is 8.42 Å². The van der Waals surface area contributed by atoms with E-state index in [2.05, 4.69) is 21.9 Å². The van der Waals surface area contributed by atoms with Crippen LogP contribution in [0, 0.1) is 20.8 Å². The lowest BCUT2D eigenvalue weighted by atomic mass is 10.1. The van der Waals surface area contributed by atoms with Crippen molar-refractivity contribution in [3.63, 3.8) is 0 Å². The number of hydrogen-bond acceptors (Lipinski definition) is 3. The van der Waals surface area contributed by atoms with Crippen LogP contribution < -0.4 is 15.4 Å². The predicted molar refractivity (Wildman–Crippen MR) is 112 cm³/mol. The minimum atomic E-state index is -3.71. The molecule has 0 fully saturated rings. The molecule has 0 aliphatic carbocycles. The first-order valence-corrected chi connectivity index (χ1v) is 9.98. The van der Waals surface area contributed by atoms with E-state index in [0.29, 0.717) is 23.0 Å². The number of anilines is 2. The molecule has 5 nitrogen and oxygen atoms in total. The zero-order valence-corrected chi connectivity index (χ0v) is 16.7. The van der Waals surface area contributed by atoms with E-state index in [0.717, 1.165) is 16.7 Å². The van der Waals surface area contributed by atoms with Crippen LogP contribution in [-0.4, -0.2) is 20.1 Å². The molecule has 2 aromatic rings. The van der Waals surface area contributed by atoms with Gasteiger partial charge in [0.05, 0.1) is 10.6 Å². The molecular weight excluding hydrogens is 366 g/mol. The van der Waals surface area contributed by atoms with E-state index in [4.69, 9.17) is 12.2 Å². The molecule has 0 heterocycles. The lowest BCUT2D eigenvalue weighted by Gasteiger charge is -2.15. The summed E-state index contributed by atoms with van der Waals surface area (Å²) >= 11 is 5.20. The lowest BCUT2D eigenvalue weighted by molar-refractivity contribution is 0.601. The normalized spacial score (nSPS) is 10.9. The lowest BCUT2D eigenvalue weighted by Crippen LogP contribution is -2.28. The summed E-state index contributed by atoms with van der Waals surface area (Å²) in [6.45, 7) is 9.86. The number of hydrogen-bond donors (Lipinski definition) is 3. The smallest absolute Gasteiger partial charge is 0.261 e. The number of thiocarbonyl (C=S) groups is 1. The van der Waals surface area contributed by atoms with E-state index in [1.807, 2.05) is 32.9 Å². The van der Waals surface area contributed by atoms with Gasteiger partial charge in [0.15, 0.2) is 5.11 Å². The van der Waals surface area contributed by atoms with Crippen molar-refractivity contribution in [2.45, 2.75) is 25.7 Å². The van der Waals surface area contributed by atoms with E-state index in [1.54, 1.807) is 30.3 Å². The highest BCUT2D eigenvalue weighted by Crippen LogP contribution is 2.24. The van der Waals surface area contributed by atoms with Crippen molar-refractivity contribution in [3.8, 4) is 0 Å². The summed E-state index contributed by atoms with van der Waals surface area (Å²) in [5.41, 5.74) is 4.03. The van der Waals surface area contributed by atoms with Gasteiger partial charge in [0.25, 0.3) is 10.0 Å². The van der Waals surface area contributed by atoms with Crippen LogP contribution in [0.1, 0.15) is 16.7 Å². The summed E-state index contributed by atoms with van der Waals surface area (Å²) in [5.74, 6) is 0. The number of benzene rings is 2. The molecule has 0 spiro atoms. The van der Waals surface area contributed by atoms with E-state index < -0.39 is 10.0 Å². The Morgan fingerprint density at radius 2 is 1.81 bits per heavy atom. The van der Waals surface area contributed by atoms with Gasteiger partial charge in [-0.1, -0.05) is 29.8 Å². The number of nitrogens with one attached hydrogen (secondary N) is 3. The molecule has 0 amide bonds. The monoisotopic (exact) mass is 389 g/mol. The highest BCUT2D eigenvalue weighted by Gasteiger charge is 2.17. The van der Waals surface area contributed by atoms with E-state index in [-0.39, 0.29) is 4.90 Å². The molecule has 2 aromatic carbocycles. The van der Waals surface area contributed by atoms with Crippen molar-refractivity contribution in [2.75, 3.05) is 16.6 Å². The number of sulfonamides is 1. The maximum absolute atomic E-state index is 12.8. The predicted octanol–water partition coefficient (Wildman–Crippen LogP) is 3.89. The largest absolute Gasteiger partial charge is 0.359 e. The molecule has 0 aromatic heterocycles. The van der Waals surface area contributed by atoms with Crippen LogP contribution >= 0.6 is 12.2 Å². The van der Waals surface area contributed by atoms with Crippen molar-refractivity contribution in [1.29, 1.82) is 0 Å². The Morgan fingerprint density at radius 1 is 1.08 bits per heavy atom. The highest BCUT2D eigenvalue weighted by atomic mass is 32.2. The molecule has 0 bridgehead atoms. The fourth-order valence-corrected chi connectivity index (χ4v) is 3.72. The molecule has 0 unspecified atom stereocenters. The third-order valence-corrected chi connectivity index (χ3v) is 5.41. The topological polar surface area (TPSA) is 70.2 Å². The Kier molecular flexibility index (Phi) is 6.39. The molecule has 0 saturated carbocycles. The molecule has 0 aliphatic rings. The standard InChI is InChI=1S/C19H23N3O2S2/c1-5-10-20-19(25)21-18-12-16(8-7-14(18)3)26(23,24)22-17-9-6-13(2)11-15(17)4/h5-9,11-12,22H,1,10H2,2-4H3,(H2,20,21,25). The first kappa shape index (κ1) is 19.9. The highest BCUT2D eigenvalue weighted by molar-refractivity contribution is 7.92. The van der Waals surface area contributed by atoms with Crippen LogP contribution in [0.3, 0.4) is 0 Å². The molecule has 138 valence electrons. The molecule has 0 atom stereocenters. The summed E-state index contributed by atoms with van der Waals surface area (Å²) in [5, 5.41) is 6.38. The summed E-state index contributed by atoms with van der Waals surface area (Å²) in [4.78, 5) is 0.164. The first-order valence-electron chi connectivity index (χ1n) is 8.09. The molecular formula is C19H23N3O2S2. The van der Waals surface area contributed by atoms with E-state index in [9.17, 15) is 8.42 Å². The fraction of sp³-hybridized carbons (Fsp3) is 0.211. The van der Waals surface area contributed by atoms with Gasteiger partial charge in [-0.25, -0.2) is 8.42 Å². The minimum Gasteiger partial charge on any atom is -0.359 e. The molecule has 0 aliphatic heterocycles. The SMILES string of the molecule is C=CCNC(=S)Nc1cc(S(=O)(=O)Nc2ccc(C)cc2C)ccc1C. The first-order chi connectivity index (χ1) is 12.2. The van der Waals surface area contributed by atoms with Gasteiger partial charge in [-0.3, -0.25) is 4.72 Å². The van der Waals surface area contributed by atoms with Crippen molar-refractivity contribution in [2.24, 2.45) is 0 Å². The molecule has 0 radical (unpaired) electrons.